The van der Waals surface area contributed by atoms with Crippen molar-refractivity contribution in [2.75, 3.05) is 4.90 Å². The zero-order valence-electron chi connectivity index (χ0n) is 21.8. The van der Waals surface area contributed by atoms with Crippen LogP contribution < -0.4 is 4.90 Å². The second-order valence-corrected chi connectivity index (χ2v) is 10.2. The maximum Gasteiger partial charge on any atom is 0.135 e. The maximum atomic E-state index is 6.16. The van der Waals surface area contributed by atoms with Crippen molar-refractivity contribution in [3.63, 3.8) is 0 Å². The van der Waals surface area contributed by atoms with Crippen molar-refractivity contribution in [2.45, 2.75) is 0 Å². The van der Waals surface area contributed by atoms with E-state index in [9.17, 15) is 0 Å². The SMILES string of the molecule is c1ccc(N(c2ccc3oc4ccccc4c3c2)c2cc(-c3ccc4ccccc4c3)cc3ccccc23)cc1. The molecule has 7 aromatic carbocycles. The van der Waals surface area contributed by atoms with Crippen LogP contribution in [0.5, 0.6) is 0 Å². The minimum Gasteiger partial charge on any atom is -0.456 e. The Morgan fingerprint density at radius 1 is 0.375 bits per heavy atom. The summed E-state index contributed by atoms with van der Waals surface area (Å²) in [6, 6.07) is 54.0. The number of furan rings is 1. The number of nitrogens with zero attached hydrogens (tertiary/aromatic N) is 1. The second kappa shape index (κ2) is 9.14. The molecule has 0 saturated carbocycles. The van der Waals surface area contributed by atoms with Gasteiger partial charge >= 0.3 is 0 Å². The van der Waals surface area contributed by atoms with Gasteiger partial charge in [0.05, 0.1) is 5.69 Å². The first kappa shape index (κ1) is 22.6. The van der Waals surface area contributed by atoms with Crippen LogP contribution in [0.25, 0.3) is 54.6 Å². The molecule has 0 aliphatic carbocycles. The van der Waals surface area contributed by atoms with E-state index in [2.05, 4.69) is 144 Å². The predicted octanol–water partition coefficient (Wildman–Crippen LogP) is 11.0. The van der Waals surface area contributed by atoms with Crippen molar-refractivity contribution in [3.8, 4) is 11.1 Å². The van der Waals surface area contributed by atoms with Crippen LogP contribution in [0.4, 0.5) is 17.1 Å². The summed E-state index contributed by atoms with van der Waals surface area (Å²) in [6.45, 7) is 0. The zero-order chi connectivity index (χ0) is 26.5. The van der Waals surface area contributed by atoms with Crippen LogP contribution in [-0.2, 0) is 0 Å². The Hall–Kier alpha value is -5.34. The standard InChI is InChI=1S/C38H25NO/c1-2-13-31(14-3-1)39(32-20-21-38-35(25-32)34-16-8-9-17-37(34)40-38)36-24-30(23-29-12-6-7-15-33(29)36)28-19-18-26-10-4-5-11-27(26)22-28/h1-25H. The van der Waals surface area contributed by atoms with Crippen LogP contribution in [0.3, 0.4) is 0 Å². The number of hydrogen-bond donors (Lipinski definition) is 0. The molecular weight excluding hydrogens is 486 g/mol. The van der Waals surface area contributed by atoms with Crippen molar-refractivity contribution in [3.05, 3.63) is 152 Å². The Labute approximate surface area is 232 Å². The van der Waals surface area contributed by atoms with E-state index in [1.54, 1.807) is 0 Å². The van der Waals surface area contributed by atoms with E-state index in [-0.39, 0.29) is 0 Å². The van der Waals surface area contributed by atoms with E-state index < -0.39 is 0 Å². The molecule has 1 aromatic heterocycles. The molecule has 188 valence electrons. The molecule has 0 bridgehead atoms. The van der Waals surface area contributed by atoms with Gasteiger partial charge in [0.15, 0.2) is 0 Å². The molecule has 0 N–H and O–H groups in total. The van der Waals surface area contributed by atoms with Crippen molar-refractivity contribution in [1.82, 2.24) is 0 Å². The molecule has 8 aromatic rings. The highest BCUT2D eigenvalue weighted by molar-refractivity contribution is 6.08. The van der Waals surface area contributed by atoms with Gasteiger partial charge in [0.1, 0.15) is 11.2 Å². The van der Waals surface area contributed by atoms with Gasteiger partial charge in [-0.15, -0.1) is 0 Å². The molecule has 2 heteroatoms. The first-order valence-corrected chi connectivity index (χ1v) is 13.6. The molecular formula is C38H25NO. The molecule has 8 rings (SSSR count). The highest BCUT2D eigenvalue weighted by Gasteiger charge is 2.18. The molecule has 0 unspecified atom stereocenters. The molecule has 1 heterocycles. The van der Waals surface area contributed by atoms with Crippen LogP contribution in [-0.4, -0.2) is 0 Å². The summed E-state index contributed by atoms with van der Waals surface area (Å²) in [5.41, 5.74) is 7.53. The lowest BCUT2D eigenvalue weighted by molar-refractivity contribution is 0.669. The van der Waals surface area contributed by atoms with Crippen LogP contribution in [0, 0.1) is 0 Å². The van der Waals surface area contributed by atoms with Gasteiger partial charge in [-0.1, -0.05) is 97.1 Å². The van der Waals surface area contributed by atoms with Crippen molar-refractivity contribution >= 4 is 60.5 Å². The van der Waals surface area contributed by atoms with Gasteiger partial charge in [-0.05, 0) is 81.9 Å². The van der Waals surface area contributed by atoms with E-state index in [1.807, 2.05) is 12.1 Å². The highest BCUT2D eigenvalue weighted by Crippen LogP contribution is 2.43. The molecule has 0 atom stereocenters. The topological polar surface area (TPSA) is 16.4 Å². The smallest absolute Gasteiger partial charge is 0.135 e. The van der Waals surface area contributed by atoms with E-state index in [1.165, 1.54) is 32.7 Å². The Balaban J connectivity index is 1.40. The molecule has 40 heavy (non-hydrogen) atoms. The number of hydrogen-bond acceptors (Lipinski definition) is 2. The third-order valence-electron chi connectivity index (χ3n) is 7.80. The zero-order valence-corrected chi connectivity index (χ0v) is 21.8. The Kier molecular flexibility index (Phi) is 5.17. The number of anilines is 3. The predicted molar refractivity (Wildman–Crippen MR) is 169 cm³/mol. The lowest BCUT2D eigenvalue weighted by Crippen LogP contribution is -2.10. The van der Waals surface area contributed by atoms with E-state index >= 15 is 0 Å². The van der Waals surface area contributed by atoms with Gasteiger partial charge < -0.3 is 9.32 Å². The molecule has 0 fully saturated rings. The number of para-hydroxylation sites is 2. The lowest BCUT2D eigenvalue weighted by atomic mass is 9.96. The molecule has 2 nitrogen and oxygen atoms in total. The average molecular weight is 512 g/mol. The van der Waals surface area contributed by atoms with E-state index in [4.69, 9.17) is 4.42 Å². The lowest BCUT2D eigenvalue weighted by Gasteiger charge is -2.27. The summed E-state index contributed by atoms with van der Waals surface area (Å²) in [7, 11) is 0. The Morgan fingerprint density at radius 2 is 1.05 bits per heavy atom. The Bertz CT molecular complexity index is 2170. The summed E-state index contributed by atoms with van der Waals surface area (Å²) >= 11 is 0. The largest absolute Gasteiger partial charge is 0.456 e. The van der Waals surface area contributed by atoms with Crippen molar-refractivity contribution in [2.24, 2.45) is 0 Å². The molecule has 0 saturated heterocycles. The monoisotopic (exact) mass is 511 g/mol. The van der Waals surface area contributed by atoms with Gasteiger partial charge in [0.25, 0.3) is 0 Å². The number of benzene rings is 7. The van der Waals surface area contributed by atoms with Crippen LogP contribution >= 0.6 is 0 Å². The van der Waals surface area contributed by atoms with Gasteiger partial charge in [0, 0.05) is 27.5 Å². The van der Waals surface area contributed by atoms with Gasteiger partial charge in [-0.3, -0.25) is 0 Å². The minimum absolute atomic E-state index is 0.896. The molecule has 0 radical (unpaired) electrons. The maximum absolute atomic E-state index is 6.16. The summed E-state index contributed by atoms with van der Waals surface area (Å²) in [4.78, 5) is 2.37. The second-order valence-electron chi connectivity index (χ2n) is 10.2. The van der Waals surface area contributed by atoms with Crippen LogP contribution in [0.2, 0.25) is 0 Å². The fraction of sp³-hybridized carbons (Fsp3) is 0. The highest BCUT2D eigenvalue weighted by atomic mass is 16.3. The van der Waals surface area contributed by atoms with E-state index in [0.717, 1.165) is 39.0 Å². The van der Waals surface area contributed by atoms with Gasteiger partial charge in [-0.2, -0.15) is 0 Å². The first-order chi connectivity index (χ1) is 19.8. The summed E-state index contributed by atoms with van der Waals surface area (Å²) in [5, 5.41) is 7.14. The van der Waals surface area contributed by atoms with Gasteiger partial charge in [0.2, 0.25) is 0 Å². The summed E-state index contributed by atoms with van der Waals surface area (Å²) in [6.07, 6.45) is 0. The van der Waals surface area contributed by atoms with Gasteiger partial charge in [-0.25, -0.2) is 0 Å². The molecule has 0 spiro atoms. The number of fused-ring (bicyclic) bond motifs is 5. The van der Waals surface area contributed by atoms with Crippen molar-refractivity contribution < 1.29 is 4.42 Å². The molecule has 0 aliphatic heterocycles. The third kappa shape index (κ3) is 3.73. The number of rotatable bonds is 4. The minimum atomic E-state index is 0.896. The summed E-state index contributed by atoms with van der Waals surface area (Å²) < 4.78 is 6.16. The molecule has 0 aliphatic rings. The fourth-order valence-electron chi connectivity index (χ4n) is 5.87. The first-order valence-electron chi connectivity index (χ1n) is 13.6. The fourth-order valence-corrected chi connectivity index (χ4v) is 5.87. The van der Waals surface area contributed by atoms with Crippen LogP contribution in [0.1, 0.15) is 0 Å². The van der Waals surface area contributed by atoms with Crippen molar-refractivity contribution in [1.29, 1.82) is 0 Å². The quantitative estimate of drug-likeness (QED) is 0.234. The average Bonchev–Trinajstić information content (AvgIpc) is 3.39. The molecule has 0 amide bonds. The third-order valence-corrected chi connectivity index (χ3v) is 7.80. The van der Waals surface area contributed by atoms with Crippen LogP contribution in [0.15, 0.2) is 156 Å². The summed E-state index contributed by atoms with van der Waals surface area (Å²) in [5.74, 6) is 0. The van der Waals surface area contributed by atoms with E-state index in [0.29, 0.717) is 0 Å². The normalized spacial score (nSPS) is 11.5. The Morgan fingerprint density at radius 3 is 1.93 bits per heavy atom.